The number of rotatable bonds is 2. The second-order valence-corrected chi connectivity index (χ2v) is 3.46. The molecule has 3 N–H and O–H groups in total. The lowest BCUT2D eigenvalue weighted by Crippen LogP contribution is -2.12. The Kier molecular flexibility index (Phi) is 2.78. The van der Waals surface area contributed by atoms with Gasteiger partial charge in [0, 0.05) is 5.69 Å². The van der Waals surface area contributed by atoms with Crippen molar-refractivity contribution in [1.82, 2.24) is 4.98 Å². The largest absolute Gasteiger partial charge is 0.438 e. The number of benzene rings is 1. The van der Waals surface area contributed by atoms with Gasteiger partial charge in [0.05, 0.1) is 11.4 Å². The number of nitrogens with zero attached hydrogens (tertiary/aromatic N) is 1. The number of carbonyl (C=O) groups is 1. The van der Waals surface area contributed by atoms with E-state index in [0.29, 0.717) is 11.4 Å². The third-order valence-electron chi connectivity index (χ3n) is 2.21. The molecule has 0 aliphatic heterocycles. The summed E-state index contributed by atoms with van der Waals surface area (Å²) in [6.07, 6.45) is 1.18. The summed E-state index contributed by atoms with van der Waals surface area (Å²) >= 11 is 0. The fourth-order valence-corrected chi connectivity index (χ4v) is 1.33. The number of aryl methyl sites for hydroxylation is 1. The second kappa shape index (κ2) is 4.25. The van der Waals surface area contributed by atoms with Crippen LogP contribution in [0.4, 0.5) is 15.8 Å². The van der Waals surface area contributed by atoms with Crippen LogP contribution in [-0.2, 0) is 0 Å². The van der Waals surface area contributed by atoms with Crippen LogP contribution in [-0.4, -0.2) is 10.9 Å². The number of amides is 1. The summed E-state index contributed by atoms with van der Waals surface area (Å²) in [6.45, 7) is 1.65. The van der Waals surface area contributed by atoms with Crippen LogP contribution in [0.3, 0.4) is 0 Å². The Morgan fingerprint density at radius 2 is 2.29 bits per heavy atom. The van der Waals surface area contributed by atoms with E-state index < -0.39 is 11.7 Å². The molecule has 2 aromatic rings. The highest BCUT2D eigenvalue weighted by Gasteiger charge is 2.14. The predicted molar refractivity (Wildman–Crippen MR) is 60.0 cm³/mol. The van der Waals surface area contributed by atoms with E-state index in [1.165, 1.54) is 24.6 Å². The quantitative estimate of drug-likeness (QED) is 0.779. The average Bonchev–Trinajstić information content (AvgIpc) is 2.70. The van der Waals surface area contributed by atoms with E-state index >= 15 is 0 Å². The van der Waals surface area contributed by atoms with Gasteiger partial charge >= 0.3 is 0 Å². The van der Waals surface area contributed by atoms with Crippen molar-refractivity contribution in [2.24, 2.45) is 0 Å². The molecule has 0 radical (unpaired) electrons. The van der Waals surface area contributed by atoms with Crippen molar-refractivity contribution in [3.8, 4) is 0 Å². The normalized spacial score (nSPS) is 10.2. The highest BCUT2D eigenvalue weighted by atomic mass is 19.1. The number of hydrogen-bond donors (Lipinski definition) is 2. The zero-order valence-corrected chi connectivity index (χ0v) is 9.03. The van der Waals surface area contributed by atoms with Gasteiger partial charge in [0.25, 0.3) is 5.91 Å². The topological polar surface area (TPSA) is 81.2 Å². The molecule has 0 fully saturated rings. The minimum Gasteiger partial charge on any atom is -0.438 e. The van der Waals surface area contributed by atoms with Gasteiger partial charge in [-0.25, -0.2) is 9.37 Å². The fraction of sp³-hybridized carbons (Fsp3) is 0.0909. The number of carbonyl (C=O) groups excluding carboxylic acids is 1. The number of oxazole rings is 1. The Hall–Kier alpha value is -2.37. The summed E-state index contributed by atoms with van der Waals surface area (Å²) in [5.41, 5.74) is 6.23. The van der Waals surface area contributed by atoms with Crippen LogP contribution >= 0.6 is 0 Å². The maximum atomic E-state index is 12.9. The molecule has 0 spiro atoms. The van der Waals surface area contributed by atoms with Crippen LogP contribution in [0.5, 0.6) is 0 Å². The molecule has 1 amide bonds. The van der Waals surface area contributed by atoms with Gasteiger partial charge in [0.1, 0.15) is 5.82 Å². The summed E-state index contributed by atoms with van der Waals surface area (Å²) in [6, 6.07) is 3.92. The van der Waals surface area contributed by atoms with Crippen molar-refractivity contribution < 1.29 is 13.6 Å². The summed E-state index contributed by atoms with van der Waals surface area (Å²) in [5, 5.41) is 2.53. The first-order chi connectivity index (χ1) is 8.08. The number of nitrogens with two attached hydrogens (primary N) is 1. The van der Waals surface area contributed by atoms with Crippen LogP contribution < -0.4 is 11.1 Å². The molecule has 2 rings (SSSR count). The SMILES string of the molecule is Cc1ncoc1C(=O)Nc1ccc(F)c(N)c1. The molecule has 0 aliphatic carbocycles. The Bertz CT molecular complexity index is 566. The number of halogens is 1. The zero-order chi connectivity index (χ0) is 12.4. The number of anilines is 2. The van der Waals surface area contributed by atoms with Gasteiger partial charge in [-0.2, -0.15) is 0 Å². The molecule has 5 nitrogen and oxygen atoms in total. The van der Waals surface area contributed by atoms with Crippen molar-refractivity contribution in [3.63, 3.8) is 0 Å². The lowest BCUT2D eigenvalue weighted by atomic mass is 10.2. The van der Waals surface area contributed by atoms with E-state index in [0.717, 1.165) is 0 Å². The minimum absolute atomic E-state index is 0.0305. The van der Waals surface area contributed by atoms with Crippen molar-refractivity contribution in [2.75, 3.05) is 11.1 Å². The van der Waals surface area contributed by atoms with Crippen LogP contribution in [0.15, 0.2) is 29.0 Å². The molecule has 1 aromatic heterocycles. The Morgan fingerprint density at radius 3 is 2.88 bits per heavy atom. The summed E-state index contributed by atoms with van der Waals surface area (Å²) < 4.78 is 17.8. The monoisotopic (exact) mass is 235 g/mol. The molecule has 1 heterocycles. The van der Waals surface area contributed by atoms with Crippen LogP contribution in [0.2, 0.25) is 0 Å². The molecule has 0 aliphatic rings. The number of nitrogens with one attached hydrogen (secondary N) is 1. The summed E-state index contributed by atoms with van der Waals surface area (Å²) in [4.78, 5) is 15.5. The van der Waals surface area contributed by atoms with Crippen LogP contribution in [0.1, 0.15) is 16.2 Å². The van der Waals surface area contributed by atoms with Crippen molar-refractivity contribution in [3.05, 3.63) is 41.9 Å². The molecule has 1 aromatic carbocycles. The van der Waals surface area contributed by atoms with Crippen LogP contribution in [0, 0.1) is 12.7 Å². The first-order valence-electron chi connectivity index (χ1n) is 4.84. The molecular weight excluding hydrogens is 225 g/mol. The first-order valence-corrected chi connectivity index (χ1v) is 4.84. The maximum absolute atomic E-state index is 12.9. The van der Waals surface area contributed by atoms with Gasteiger partial charge in [0.15, 0.2) is 6.39 Å². The minimum atomic E-state index is -0.529. The van der Waals surface area contributed by atoms with Gasteiger partial charge in [-0.1, -0.05) is 0 Å². The van der Waals surface area contributed by atoms with E-state index in [-0.39, 0.29) is 11.4 Å². The van der Waals surface area contributed by atoms with E-state index in [2.05, 4.69) is 10.3 Å². The maximum Gasteiger partial charge on any atom is 0.293 e. The number of hydrogen-bond acceptors (Lipinski definition) is 4. The molecule has 0 bridgehead atoms. The Balaban J connectivity index is 2.19. The third kappa shape index (κ3) is 2.25. The lowest BCUT2D eigenvalue weighted by Gasteiger charge is -2.04. The van der Waals surface area contributed by atoms with E-state index in [1.54, 1.807) is 6.92 Å². The molecule has 0 saturated heterocycles. The highest BCUT2D eigenvalue weighted by molar-refractivity contribution is 6.03. The average molecular weight is 235 g/mol. The molecule has 0 unspecified atom stereocenters. The predicted octanol–water partition coefficient (Wildman–Crippen LogP) is 1.96. The van der Waals surface area contributed by atoms with Gasteiger partial charge in [-0.15, -0.1) is 0 Å². The van der Waals surface area contributed by atoms with E-state index in [9.17, 15) is 9.18 Å². The smallest absolute Gasteiger partial charge is 0.293 e. The lowest BCUT2D eigenvalue weighted by molar-refractivity contribution is 0.0996. The molecule has 17 heavy (non-hydrogen) atoms. The van der Waals surface area contributed by atoms with Gasteiger partial charge in [-0.3, -0.25) is 4.79 Å². The third-order valence-corrected chi connectivity index (χ3v) is 2.21. The molecular formula is C11H10FN3O2. The molecule has 0 atom stereocenters. The molecule has 88 valence electrons. The van der Waals surface area contributed by atoms with Gasteiger partial charge in [0.2, 0.25) is 5.76 Å². The van der Waals surface area contributed by atoms with E-state index in [4.69, 9.17) is 10.2 Å². The number of aromatic nitrogens is 1. The van der Waals surface area contributed by atoms with Gasteiger partial charge in [-0.05, 0) is 25.1 Å². The highest BCUT2D eigenvalue weighted by Crippen LogP contribution is 2.17. The fourth-order valence-electron chi connectivity index (χ4n) is 1.33. The van der Waals surface area contributed by atoms with Crippen molar-refractivity contribution in [2.45, 2.75) is 6.92 Å². The molecule has 0 saturated carbocycles. The van der Waals surface area contributed by atoms with Crippen molar-refractivity contribution in [1.29, 1.82) is 0 Å². The Labute approximate surface area is 96.4 Å². The molecule has 6 heteroatoms. The zero-order valence-electron chi connectivity index (χ0n) is 9.03. The second-order valence-electron chi connectivity index (χ2n) is 3.46. The summed E-state index contributed by atoms with van der Waals surface area (Å²) in [7, 11) is 0. The first kappa shape index (κ1) is 11.1. The van der Waals surface area contributed by atoms with Crippen LogP contribution in [0.25, 0.3) is 0 Å². The number of nitrogen functional groups attached to an aromatic ring is 1. The Morgan fingerprint density at radius 1 is 1.53 bits per heavy atom. The summed E-state index contributed by atoms with van der Waals surface area (Å²) in [5.74, 6) is -0.863. The standard InChI is InChI=1S/C11H10FN3O2/c1-6-10(17-5-14-6)11(16)15-7-2-3-8(12)9(13)4-7/h2-5H,13H2,1H3,(H,15,16). The van der Waals surface area contributed by atoms with Gasteiger partial charge < -0.3 is 15.5 Å². The van der Waals surface area contributed by atoms with Crippen molar-refractivity contribution >= 4 is 17.3 Å². The van der Waals surface area contributed by atoms with E-state index in [1.807, 2.05) is 0 Å².